The summed E-state index contributed by atoms with van der Waals surface area (Å²) < 4.78 is 17.6. The molecule has 4 nitrogen and oxygen atoms in total. The lowest BCUT2D eigenvalue weighted by Crippen LogP contribution is -2.39. The van der Waals surface area contributed by atoms with Crippen molar-refractivity contribution in [1.82, 2.24) is 0 Å². The van der Waals surface area contributed by atoms with Crippen LogP contribution in [0.4, 0.5) is 0 Å². The molecular weight excluding hydrogens is 424 g/mol. The van der Waals surface area contributed by atoms with Crippen LogP contribution >= 0.6 is 0 Å². The molecule has 0 spiro atoms. The first-order valence-corrected chi connectivity index (χ1v) is 14.9. The Morgan fingerprint density at radius 1 is 0.588 bits per heavy atom. The predicted octanol–water partition coefficient (Wildman–Crippen LogP) is 9.18. The molecule has 0 aromatic carbocycles. The lowest BCUT2D eigenvalue weighted by Gasteiger charge is -2.27. The van der Waals surface area contributed by atoms with Gasteiger partial charge in [0.15, 0.2) is 5.60 Å². The quantitative estimate of drug-likeness (QED) is 0.0906. The summed E-state index contributed by atoms with van der Waals surface area (Å²) in [5, 5.41) is 0. The molecule has 0 radical (unpaired) electrons. The molecule has 0 rings (SSSR count). The maximum Gasteiger partial charge on any atom is 0.338 e. The van der Waals surface area contributed by atoms with E-state index in [1.165, 1.54) is 70.6 Å². The number of esters is 1. The molecule has 4 heteroatoms. The van der Waals surface area contributed by atoms with E-state index in [-0.39, 0.29) is 12.1 Å². The highest BCUT2D eigenvalue weighted by atomic mass is 16.6. The zero-order valence-electron chi connectivity index (χ0n) is 23.8. The molecule has 204 valence electrons. The van der Waals surface area contributed by atoms with Crippen LogP contribution in [0.25, 0.3) is 0 Å². The molecule has 0 N–H and O–H groups in total. The van der Waals surface area contributed by atoms with E-state index in [2.05, 4.69) is 20.8 Å². The van der Waals surface area contributed by atoms with Crippen molar-refractivity contribution in [3.63, 3.8) is 0 Å². The predicted molar refractivity (Wildman–Crippen MR) is 145 cm³/mol. The first-order chi connectivity index (χ1) is 16.5. The van der Waals surface area contributed by atoms with Gasteiger partial charge in [-0.3, -0.25) is 0 Å². The Balaban J connectivity index is 4.29. The van der Waals surface area contributed by atoms with Crippen LogP contribution in [0.2, 0.25) is 0 Å². The van der Waals surface area contributed by atoms with Crippen molar-refractivity contribution in [3.8, 4) is 0 Å². The molecule has 0 aromatic rings. The molecule has 0 aromatic heterocycles. The zero-order valence-corrected chi connectivity index (χ0v) is 23.8. The molecule has 0 amide bonds. The van der Waals surface area contributed by atoms with Crippen molar-refractivity contribution < 1.29 is 19.0 Å². The number of carbonyl (C=O) groups is 1. The number of hydrogen-bond donors (Lipinski definition) is 0. The van der Waals surface area contributed by atoms with Gasteiger partial charge >= 0.3 is 5.97 Å². The van der Waals surface area contributed by atoms with Crippen LogP contribution in [0.5, 0.6) is 0 Å². The third kappa shape index (κ3) is 20.7. The van der Waals surface area contributed by atoms with Gasteiger partial charge < -0.3 is 14.2 Å². The summed E-state index contributed by atoms with van der Waals surface area (Å²) in [5.41, 5.74) is -0.877. The second-order valence-corrected chi connectivity index (χ2v) is 10.5. The Bertz CT molecular complexity index is 420. The van der Waals surface area contributed by atoms with E-state index >= 15 is 0 Å². The van der Waals surface area contributed by atoms with E-state index < -0.39 is 5.60 Å². The molecule has 0 heterocycles. The minimum Gasteiger partial charge on any atom is -0.460 e. The van der Waals surface area contributed by atoms with E-state index in [0.717, 1.165) is 64.6 Å². The number of ether oxygens (including phenoxy) is 3. The van der Waals surface area contributed by atoms with E-state index in [9.17, 15) is 4.79 Å². The molecule has 34 heavy (non-hydrogen) atoms. The summed E-state index contributed by atoms with van der Waals surface area (Å²) in [6.45, 7) is 12.7. The number of carbonyl (C=O) groups excluding carboxylic acids is 1. The molecule has 0 aliphatic rings. The Kier molecular flexibility index (Phi) is 23.7. The van der Waals surface area contributed by atoms with E-state index in [0.29, 0.717) is 6.61 Å². The first-order valence-electron chi connectivity index (χ1n) is 14.9. The number of hydrogen-bond acceptors (Lipinski definition) is 4. The van der Waals surface area contributed by atoms with Gasteiger partial charge in [0.05, 0.1) is 0 Å². The van der Waals surface area contributed by atoms with E-state index in [1.54, 1.807) is 0 Å². The summed E-state index contributed by atoms with van der Waals surface area (Å²) in [7, 11) is 0. The van der Waals surface area contributed by atoms with Gasteiger partial charge in [-0.1, -0.05) is 91.4 Å². The molecule has 0 bridgehead atoms. The van der Waals surface area contributed by atoms with Crippen molar-refractivity contribution in [2.75, 3.05) is 19.8 Å². The minimum atomic E-state index is -0.877. The van der Waals surface area contributed by atoms with Crippen LogP contribution in [-0.2, 0) is 19.0 Å². The minimum absolute atomic E-state index is 0.0352. The van der Waals surface area contributed by atoms with Crippen LogP contribution in [0.3, 0.4) is 0 Å². The van der Waals surface area contributed by atoms with Crippen LogP contribution in [-0.4, -0.2) is 37.5 Å². The lowest BCUT2D eigenvalue weighted by atomic mass is 10.0. The normalized spacial score (nSPS) is 11.9. The summed E-state index contributed by atoms with van der Waals surface area (Å²) in [5.74, 6) is -0.197. The topological polar surface area (TPSA) is 44.8 Å². The second kappa shape index (κ2) is 24.1. The molecule has 0 saturated heterocycles. The van der Waals surface area contributed by atoms with Gasteiger partial charge in [0.2, 0.25) is 0 Å². The molecular formula is C30H60O4. The third-order valence-electron chi connectivity index (χ3n) is 6.56. The smallest absolute Gasteiger partial charge is 0.338 e. The van der Waals surface area contributed by atoms with Gasteiger partial charge in [-0.15, -0.1) is 0 Å². The van der Waals surface area contributed by atoms with Gasteiger partial charge in [-0.2, -0.15) is 0 Å². The van der Waals surface area contributed by atoms with E-state index in [1.807, 2.05) is 13.8 Å². The number of rotatable bonds is 26. The zero-order chi connectivity index (χ0) is 25.3. The van der Waals surface area contributed by atoms with Gasteiger partial charge in [-0.25, -0.2) is 4.79 Å². The standard InChI is InChI=1S/C30H60O4/c1-6-9-12-14-16-19-23-28(24-20-17-15-13-10-7-2)34-29(31)30(4,5)33-27-22-18-21-26-32-25-11-8-3/h28H,6-27H2,1-5H3. The first kappa shape index (κ1) is 33.4. The highest BCUT2D eigenvalue weighted by Gasteiger charge is 2.32. The average molecular weight is 485 g/mol. The van der Waals surface area contributed by atoms with Crippen molar-refractivity contribution in [2.24, 2.45) is 0 Å². The molecule has 0 atom stereocenters. The molecule has 0 aliphatic heterocycles. The van der Waals surface area contributed by atoms with Gasteiger partial charge in [-0.05, 0) is 65.2 Å². The fourth-order valence-corrected chi connectivity index (χ4v) is 4.08. The van der Waals surface area contributed by atoms with Gasteiger partial charge in [0, 0.05) is 19.8 Å². The Morgan fingerprint density at radius 2 is 1.03 bits per heavy atom. The number of unbranched alkanes of at least 4 members (excludes halogenated alkanes) is 13. The van der Waals surface area contributed by atoms with Crippen LogP contribution in [0.15, 0.2) is 0 Å². The maximum atomic E-state index is 12.9. The monoisotopic (exact) mass is 484 g/mol. The molecule has 0 fully saturated rings. The van der Waals surface area contributed by atoms with Crippen molar-refractivity contribution in [1.29, 1.82) is 0 Å². The average Bonchev–Trinajstić information content (AvgIpc) is 2.82. The SMILES string of the molecule is CCCCCCCCC(CCCCCCCC)OC(=O)C(C)(C)OCCCCCOCCCC. The summed E-state index contributed by atoms with van der Waals surface area (Å²) >= 11 is 0. The molecule has 0 saturated carbocycles. The molecule has 0 aliphatic carbocycles. The summed E-state index contributed by atoms with van der Waals surface area (Å²) in [6.07, 6.45) is 22.6. The highest BCUT2D eigenvalue weighted by molar-refractivity contribution is 5.78. The Labute approximate surface area is 213 Å². The second-order valence-electron chi connectivity index (χ2n) is 10.5. The third-order valence-corrected chi connectivity index (χ3v) is 6.56. The fourth-order valence-electron chi connectivity index (χ4n) is 4.08. The van der Waals surface area contributed by atoms with Gasteiger partial charge in [0.1, 0.15) is 6.10 Å². The van der Waals surface area contributed by atoms with Crippen molar-refractivity contribution in [2.45, 2.75) is 168 Å². The fraction of sp³-hybridized carbons (Fsp3) is 0.967. The van der Waals surface area contributed by atoms with Crippen LogP contribution in [0.1, 0.15) is 157 Å². The van der Waals surface area contributed by atoms with Crippen LogP contribution in [0, 0.1) is 0 Å². The van der Waals surface area contributed by atoms with Crippen molar-refractivity contribution in [3.05, 3.63) is 0 Å². The van der Waals surface area contributed by atoms with Crippen molar-refractivity contribution >= 4 is 5.97 Å². The highest BCUT2D eigenvalue weighted by Crippen LogP contribution is 2.21. The summed E-state index contributed by atoms with van der Waals surface area (Å²) in [4.78, 5) is 12.9. The Morgan fingerprint density at radius 3 is 1.59 bits per heavy atom. The lowest BCUT2D eigenvalue weighted by molar-refractivity contribution is -0.174. The Hall–Kier alpha value is -0.610. The largest absolute Gasteiger partial charge is 0.460 e. The molecule has 0 unspecified atom stereocenters. The summed E-state index contributed by atoms with van der Waals surface area (Å²) in [6, 6.07) is 0. The maximum absolute atomic E-state index is 12.9. The van der Waals surface area contributed by atoms with Crippen LogP contribution < -0.4 is 0 Å². The van der Waals surface area contributed by atoms with Gasteiger partial charge in [0.25, 0.3) is 0 Å². The van der Waals surface area contributed by atoms with E-state index in [4.69, 9.17) is 14.2 Å².